The molecule has 0 aliphatic carbocycles. The molecule has 0 radical (unpaired) electrons. The highest BCUT2D eigenvalue weighted by Gasteiger charge is 2.16. The second-order valence-electron chi connectivity index (χ2n) is 4.92. The summed E-state index contributed by atoms with van der Waals surface area (Å²) in [6.07, 6.45) is 2.98. The van der Waals surface area contributed by atoms with Crippen LogP contribution in [-0.4, -0.2) is 11.0 Å². The summed E-state index contributed by atoms with van der Waals surface area (Å²) in [6, 6.07) is 8.64. The number of aromatic nitrogens is 1. The number of nitrogens with zero attached hydrogens (tertiary/aromatic N) is 1. The molecule has 0 bridgehead atoms. The molecule has 0 aliphatic heterocycles. The number of rotatable bonds is 2. The first kappa shape index (κ1) is 14.0. The average Bonchev–Trinajstić information content (AvgIpc) is 2.47. The van der Waals surface area contributed by atoms with E-state index in [1.165, 1.54) is 13.2 Å². The van der Waals surface area contributed by atoms with Crippen molar-refractivity contribution in [2.45, 2.75) is 13.8 Å². The fourth-order valence-corrected chi connectivity index (χ4v) is 2.28. The number of fused-ring (bicyclic) bond motifs is 1. The summed E-state index contributed by atoms with van der Waals surface area (Å²) in [5.74, 6) is -0.288. The number of aryl methyl sites for hydroxylation is 1. The lowest BCUT2D eigenvalue weighted by Crippen LogP contribution is -2.10. The van der Waals surface area contributed by atoms with Gasteiger partial charge in [0.25, 0.3) is 0 Å². The molecule has 0 unspecified atom stereocenters. The van der Waals surface area contributed by atoms with E-state index in [0.29, 0.717) is 16.8 Å². The highest BCUT2D eigenvalue weighted by atomic mass is 16.5. The smallest absolute Gasteiger partial charge is 0.308 e. The zero-order valence-electron chi connectivity index (χ0n) is 12.1. The number of ether oxygens (including phenoxy) is 1. The van der Waals surface area contributed by atoms with Gasteiger partial charge < -0.3 is 9.15 Å². The highest BCUT2D eigenvalue weighted by molar-refractivity contribution is 5.89. The van der Waals surface area contributed by atoms with Crippen molar-refractivity contribution in [2.75, 3.05) is 0 Å². The van der Waals surface area contributed by atoms with Crippen molar-refractivity contribution in [3.05, 3.63) is 58.6 Å². The summed E-state index contributed by atoms with van der Waals surface area (Å²) in [6.45, 7) is 3.12. The zero-order chi connectivity index (χ0) is 15.7. The molecular formula is C17H13NO4. The van der Waals surface area contributed by atoms with Gasteiger partial charge in [0.1, 0.15) is 23.0 Å². The molecule has 2 aromatic heterocycles. The maximum absolute atomic E-state index is 12.8. The van der Waals surface area contributed by atoms with E-state index >= 15 is 0 Å². The number of hydrogen-bond acceptors (Lipinski definition) is 5. The molecule has 22 heavy (non-hydrogen) atoms. The minimum atomic E-state index is -0.491. The third-order valence-electron chi connectivity index (χ3n) is 3.18. The highest BCUT2D eigenvalue weighted by Crippen LogP contribution is 2.27. The molecule has 0 saturated carbocycles. The largest absolute Gasteiger partial charge is 0.463 e. The fraction of sp³-hybridized carbons (Fsp3) is 0.118. The van der Waals surface area contributed by atoms with Crippen LogP contribution < -0.4 is 10.2 Å². The molecule has 0 aliphatic rings. The third kappa shape index (κ3) is 2.48. The zero-order valence-corrected chi connectivity index (χ0v) is 12.1. The maximum atomic E-state index is 12.8. The lowest BCUT2D eigenvalue weighted by atomic mass is 10.1. The summed E-state index contributed by atoms with van der Waals surface area (Å²) in [7, 11) is 0. The number of pyridine rings is 1. The number of carbonyl (C=O) groups is 1. The Balaban J connectivity index is 2.32. The molecule has 110 valence electrons. The van der Waals surface area contributed by atoms with E-state index in [1.54, 1.807) is 36.5 Å². The molecule has 5 nitrogen and oxygen atoms in total. The molecule has 0 fully saturated rings. The van der Waals surface area contributed by atoms with Gasteiger partial charge in [0.05, 0.1) is 11.3 Å². The van der Waals surface area contributed by atoms with Gasteiger partial charge in [-0.3, -0.25) is 14.6 Å². The minimum Gasteiger partial charge on any atom is -0.463 e. The topological polar surface area (TPSA) is 69.4 Å². The van der Waals surface area contributed by atoms with Crippen LogP contribution in [0.4, 0.5) is 0 Å². The molecule has 3 aromatic rings. The first-order valence-corrected chi connectivity index (χ1v) is 6.72. The number of esters is 1. The molecule has 0 saturated heterocycles. The van der Waals surface area contributed by atoms with E-state index in [1.807, 2.05) is 6.92 Å². The van der Waals surface area contributed by atoms with Gasteiger partial charge in [-0.2, -0.15) is 0 Å². The Kier molecular flexibility index (Phi) is 3.47. The summed E-state index contributed by atoms with van der Waals surface area (Å²) < 4.78 is 10.7. The van der Waals surface area contributed by atoms with Gasteiger partial charge in [-0.1, -0.05) is 6.07 Å². The Morgan fingerprint density at radius 2 is 2.09 bits per heavy atom. The van der Waals surface area contributed by atoms with Crippen LogP contribution in [0.2, 0.25) is 0 Å². The summed E-state index contributed by atoms with van der Waals surface area (Å²) in [5, 5.41) is 0.240. The SMILES string of the molecule is CC(=O)Oc1cc(C)cc2occ(-c3ccccn3)c(=O)c12. The van der Waals surface area contributed by atoms with Crippen molar-refractivity contribution in [3.8, 4) is 17.0 Å². The monoisotopic (exact) mass is 295 g/mol. The molecule has 0 amide bonds. The van der Waals surface area contributed by atoms with Crippen molar-refractivity contribution in [2.24, 2.45) is 0 Å². The van der Waals surface area contributed by atoms with Crippen LogP contribution in [0.1, 0.15) is 12.5 Å². The summed E-state index contributed by atoms with van der Waals surface area (Å²) in [4.78, 5) is 28.2. The Morgan fingerprint density at radius 3 is 2.77 bits per heavy atom. The van der Waals surface area contributed by atoms with Crippen molar-refractivity contribution in [3.63, 3.8) is 0 Å². The molecular weight excluding hydrogens is 282 g/mol. The Morgan fingerprint density at radius 1 is 1.27 bits per heavy atom. The number of benzene rings is 1. The summed E-state index contributed by atoms with van der Waals surface area (Å²) >= 11 is 0. The van der Waals surface area contributed by atoms with Crippen LogP contribution in [0.15, 0.2) is 52.0 Å². The second kappa shape index (κ2) is 5.44. The van der Waals surface area contributed by atoms with Gasteiger partial charge in [-0.05, 0) is 36.8 Å². The number of carbonyl (C=O) groups excluding carboxylic acids is 1. The van der Waals surface area contributed by atoms with Crippen molar-refractivity contribution < 1.29 is 13.9 Å². The normalized spacial score (nSPS) is 10.6. The van der Waals surface area contributed by atoms with Crippen LogP contribution in [0.25, 0.3) is 22.2 Å². The van der Waals surface area contributed by atoms with Gasteiger partial charge >= 0.3 is 5.97 Å². The van der Waals surface area contributed by atoms with Gasteiger partial charge in [-0.25, -0.2) is 0 Å². The van der Waals surface area contributed by atoms with E-state index in [9.17, 15) is 9.59 Å². The van der Waals surface area contributed by atoms with Crippen molar-refractivity contribution in [1.82, 2.24) is 4.98 Å². The van der Waals surface area contributed by atoms with E-state index < -0.39 is 5.97 Å². The Labute approximate surface area is 126 Å². The predicted octanol–water partition coefficient (Wildman–Crippen LogP) is 3.09. The molecule has 0 atom stereocenters. The Hall–Kier alpha value is -2.95. The molecule has 2 heterocycles. The molecule has 1 aromatic carbocycles. The standard InChI is InChI=1S/C17H13NO4/c1-10-7-14-16(15(8-10)22-11(2)19)17(20)12(9-21-14)13-5-3-4-6-18-13/h3-9H,1-2H3. The van der Waals surface area contributed by atoms with Crippen molar-refractivity contribution in [1.29, 1.82) is 0 Å². The molecule has 0 N–H and O–H groups in total. The van der Waals surface area contributed by atoms with Crippen molar-refractivity contribution >= 4 is 16.9 Å². The Bertz CT molecular complexity index is 913. The van der Waals surface area contributed by atoms with Gasteiger partial charge in [0, 0.05) is 13.1 Å². The van der Waals surface area contributed by atoms with Crippen LogP contribution in [0, 0.1) is 6.92 Å². The van der Waals surface area contributed by atoms with Crippen LogP contribution >= 0.6 is 0 Å². The first-order chi connectivity index (χ1) is 10.6. The lowest BCUT2D eigenvalue weighted by molar-refractivity contribution is -0.131. The predicted molar refractivity (Wildman–Crippen MR) is 81.8 cm³/mol. The summed E-state index contributed by atoms with van der Waals surface area (Å²) in [5.41, 5.74) is 1.76. The van der Waals surface area contributed by atoms with Crippen LogP contribution in [0.3, 0.4) is 0 Å². The molecule has 0 spiro atoms. The van der Waals surface area contributed by atoms with Gasteiger partial charge in [0.2, 0.25) is 5.43 Å². The quantitative estimate of drug-likeness (QED) is 0.536. The molecule has 3 rings (SSSR count). The van der Waals surface area contributed by atoms with E-state index in [0.717, 1.165) is 5.56 Å². The van der Waals surface area contributed by atoms with E-state index in [-0.39, 0.29) is 16.6 Å². The van der Waals surface area contributed by atoms with Gasteiger partial charge in [-0.15, -0.1) is 0 Å². The third-order valence-corrected chi connectivity index (χ3v) is 3.18. The van der Waals surface area contributed by atoms with E-state index in [4.69, 9.17) is 9.15 Å². The molecule has 5 heteroatoms. The van der Waals surface area contributed by atoms with Gasteiger partial charge in [0.15, 0.2) is 0 Å². The number of hydrogen-bond donors (Lipinski definition) is 0. The minimum absolute atomic E-state index is 0.203. The second-order valence-corrected chi connectivity index (χ2v) is 4.92. The fourth-order valence-electron chi connectivity index (χ4n) is 2.28. The van der Waals surface area contributed by atoms with Crippen LogP contribution in [0.5, 0.6) is 5.75 Å². The van der Waals surface area contributed by atoms with E-state index in [2.05, 4.69) is 4.98 Å². The average molecular weight is 295 g/mol. The maximum Gasteiger partial charge on any atom is 0.308 e. The first-order valence-electron chi connectivity index (χ1n) is 6.72. The van der Waals surface area contributed by atoms with Crippen LogP contribution in [-0.2, 0) is 4.79 Å². The lowest BCUT2D eigenvalue weighted by Gasteiger charge is -2.08.